The molecule has 33 heavy (non-hydrogen) atoms. The summed E-state index contributed by atoms with van der Waals surface area (Å²) in [6.45, 7) is 0.623. The molecule has 0 aromatic heterocycles. The van der Waals surface area contributed by atoms with Crippen LogP contribution < -0.4 is 30.0 Å². The van der Waals surface area contributed by atoms with Crippen molar-refractivity contribution in [3.05, 3.63) is 47.0 Å². The smallest absolute Gasteiger partial charge is 0.236 e. The Morgan fingerprint density at radius 3 is 2.24 bits per heavy atom. The molecule has 0 saturated heterocycles. The Hall–Kier alpha value is -3.46. The average molecular weight is 458 g/mol. The Balaban J connectivity index is 1.96. The van der Waals surface area contributed by atoms with Crippen molar-refractivity contribution in [2.45, 2.75) is 18.9 Å². The number of hydrogen-bond donors (Lipinski definition) is 2. The zero-order chi connectivity index (χ0) is 24.0. The molecule has 1 unspecified atom stereocenters. The van der Waals surface area contributed by atoms with Crippen molar-refractivity contribution >= 4 is 11.8 Å². The molecule has 0 fully saturated rings. The number of ether oxygens (including phenoxy) is 4. The van der Waals surface area contributed by atoms with Gasteiger partial charge in [0.25, 0.3) is 0 Å². The lowest BCUT2D eigenvalue weighted by Gasteiger charge is -2.37. The molecule has 0 bridgehead atoms. The van der Waals surface area contributed by atoms with Gasteiger partial charge in [-0.3, -0.25) is 14.5 Å². The molecule has 0 spiro atoms. The summed E-state index contributed by atoms with van der Waals surface area (Å²) < 4.78 is 21.8. The molecule has 2 aromatic rings. The molecule has 1 aliphatic rings. The van der Waals surface area contributed by atoms with E-state index in [-0.39, 0.29) is 25.0 Å². The van der Waals surface area contributed by atoms with Gasteiger partial charge in [-0.1, -0.05) is 6.07 Å². The molecule has 9 heteroatoms. The van der Waals surface area contributed by atoms with E-state index in [1.54, 1.807) is 28.4 Å². The van der Waals surface area contributed by atoms with E-state index in [0.717, 1.165) is 23.1 Å². The fourth-order valence-corrected chi connectivity index (χ4v) is 4.17. The second-order valence-electron chi connectivity index (χ2n) is 7.78. The first-order chi connectivity index (χ1) is 15.9. The summed E-state index contributed by atoms with van der Waals surface area (Å²) in [6.07, 6.45) is 1.38. The second-order valence-corrected chi connectivity index (χ2v) is 7.78. The van der Waals surface area contributed by atoms with Gasteiger partial charge in [-0.2, -0.15) is 0 Å². The molecule has 3 N–H and O–H groups in total. The van der Waals surface area contributed by atoms with Gasteiger partial charge in [0.05, 0.1) is 41.5 Å². The monoisotopic (exact) mass is 457 g/mol. The third kappa shape index (κ3) is 5.67. The first-order valence-corrected chi connectivity index (χ1v) is 10.6. The van der Waals surface area contributed by atoms with Crippen molar-refractivity contribution in [2.75, 3.05) is 48.1 Å². The van der Waals surface area contributed by atoms with Crippen LogP contribution in [-0.2, 0) is 22.4 Å². The van der Waals surface area contributed by atoms with Crippen molar-refractivity contribution in [1.29, 1.82) is 0 Å². The number of nitrogens with zero attached hydrogens (tertiary/aromatic N) is 1. The Labute approximate surface area is 193 Å². The van der Waals surface area contributed by atoms with Gasteiger partial charge in [0.1, 0.15) is 0 Å². The second kappa shape index (κ2) is 10.9. The molecule has 0 saturated carbocycles. The highest BCUT2D eigenvalue weighted by molar-refractivity contribution is 5.84. The summed E-state index contributed by atoms with van der Waals surface area (Å²) in [4.78, 5) is 25.6. The number of nitrogens with one attached hydrogen (secondary N) is 1. The van der Waals surface area contributed by atoms with Gasteiger partial charge < -0.3 is 30.0 Å². The number of rotatable bonds is 10. The number of primary amides is 1. The van der Waals surface area contributed by atoms with Crippen molar-refractivity contribution in [3.63, 3.8) is 0 Å². The zero-order valence-corrected chi connectivity index (χ0v) is 19.5. The summed E-state index contributed by atoms with van der Waals surface area (Å²) in [7, 11) is 6.42. The minimum Gasteiger partial charge on any atom is -0.493 e. The van der Waals surface area contributed by atoms with Crippen LogP contribution in [0.2, 0.25) is 0 Å². The number of amides is 2. The van der Waals surface area contributed by atoms with Crippen molar-refractivity contribution in [2.24, 2.45) is 5.73 Å². The van der Waals surface area contributed by atoms with Crippen molar-refractivity contribution in [1.82, 2.24) is 10.2 Å². The maximum atomic E-state index is 12.5. The third-order valence-corrected chi connectivity index (χ3v) is 5.80. The Morgan fingerprint density at radius 1 is 0.970 bits per heavy atom. The van der Waals surface area contributed by atoms with Crippen LogP contribution >= 0.6 is 0 Å². The lowest BCUT2D eigenvalue weighted by atomic mass is 9.88. The number of nitrogens with two attached hydrogens (primary N) is 1. The first kappa shape index (κ1) is 24.2. The van der Waals surface area contributed by atoms with Crippen molar-refractivity contribution < 1.29 is 28.5 Å². The lowest BCUT2D eigenvalue weighted by molar-refractivity contribution is -0.126. The quantitative estimate of drug-likeness (QED) is 0.556. The van der Waals surface area contributed by atoms with Gasteiger partial charge >= 0.3 is 0 Å². The molecule has 0 aliphatic carbocycles. The largest absolute Gasteiger partial charge is 0.493 e. The minimum absolute atomic E-state index is 0.106. The topological polar surface area (TPSA) is 112 Å². The van der Waals surface area contributed by atoms with E-state index in [0.29, 0.717) is 36.0 Å². The van der Waals surface area contributed by atoms with E-state index >= 15 is 0 Å². The van der Waals surface area contributed by atoms with Crippen LogP contribution in [0.15, 0.2) is 30.3 Å². The zero-order valence-electron chi connectivity index (χ0n) is 19.5. The molecule has 2 aromatic carbocycles. The molecule has 1 aliphatic heterocycles. The van der Waals surface area contributed by atoms with E-state index in [4.69, 9.17) is 24.7 Å². The molecular formula is C24H31N3O6. The van der Waals surface area contributed by atoms with Crippen LogP contribution in [0.5, 0.6) is 23.0 Å². The summed E-state index contributed by atoms with van der Waals surface area (Å²) in [5.74, 6) is 1.77. The minimum atomic E-state index is -0.578. The number of carbonyl (C=O) groups is 2. The molecular weight excluding hydrogens is 426 g/mol. The van der Waals surface area contributed by atoms with E-state index in [2.05, 4.69) is 10.2 Å². The molecule has 1 heterocycles. The van der Waals surface area contributed by atoms with Gasteiger partial charge in [-0.15, -0.1) is 0 Å². The van der Waals surface area contributed by atoms with Crippen LogP contribution in [0.1, 0.15) is 22.7 Å². The maximum Gasteiger partial charge on any atom is 0.236 e. The molecule has 9 nitrogen and oxygen atoms in total. The number of benzene rings is 2. The van der Waals surface area contributed by atoms with E-state index in [1.807, 2.05) is 30.3 Å². The number of fused-ring (bicyclic) bond motifs is 1. The molecule has 0 radical (unpaired) electrons. The van der Waals surface area contributed by atoms with Gasteiger partial charge in [-0.05, 0) is 53.8 Å². The predicted octanol–water partition coefficient (Wildman–Crippen LogP) is 1.46. The normalized spacial score (nSPS) is 15.3. The van der Waals surface area contributed by atoms with E-state index < -0.39 is 5.91 Å². The summed E-state index contributed by atoms with van der Waals surface area (Å²) in [5, 5.41) is 2.58. The van der Waals surface area contributed by atoms with Crippen LogP contribution in [0, 0.1) is 0 Å². The fourth-order valence-electron chi connectivity index (χ4n) is 4.17. The molecule has 2 amide bonds. The molecule has 3 rings (SSSR count). The predicted molar refractivity (Wildman–Crippen MR) is 123 cm³/mol. The molecule has 178 valence electrons. The summed E-state index contributed by atoms with van der Waals surface area (Å²) in [5.41, 5.74) is 8.40. The van der Waals surface area contributed by atoms with Crippen LogP contribution in [0.4, 0.5) is 0 Å². The van der Waals surface area contributed by atoms with Gasteiger partial charge in [0.15, 0.2) is 23.0 Å². The van der Waals surface area contributed by atoms with E-state index in [1.165, 1.54) is 0 Å². The summed E-state index contributed by atoms with van der Waals surface area (Å²) >= 11 is 0. The van der Waals surface area contributed by atoms with Gasteiger partial charge in [0, 0.05) is 12.6 Å². The molecule has 1 atom stereocenters. The SMILES string of the molecule is COc1ccc(CC2c3cc(OC)c(OC)cc3CCN2CC(=O)NCC(N)=O)cc1OC. The Morgan fingerprint density at radius 2 is 1.61 bits per heavy atom. The lowest BCUT2D eigenvalue weighted by Crippen LogP contribution is -2.45. The van der Waals surface area contributed by atoms with Crippen LogP contribution in [0.25, 0.3) is 0 Å². The van der Waals surface area contributed by atoms with Crippen LogP contribution in [-0.4, -0.2) is 64.8 Å². The fraction of sp³-hybridized carbons (Fsp3) is 0.417. The highest BCUT2D eigenvalue weighted by atomic mass is 16.5. The Bertz CT molecular complexity index is 1010. The van der Waals surface area contributed by atoms with Crippen LogP contribution in [0.3, 0.4) is 0 Å². The highest BCUT2D eigenvalue weighted by Gasteiger charge is 2.31. The average Bonchev–Trinajstić information content (AvgIpc) is 2.83. The summed E-state index contributed by atoms with van der Waals surface area (Å²) in [6, 6.07) is 9.68. The third-order valence-electron chi connectivity index (χ3n) is 5.80. The number of carbonyl (C=O) groups excluding carboxylic acids is 2. The number of hydrogen-bond acceptors (Lipinski definition) is 7. The van der Waals surface area contributed by atoms with E-state index in [9.17, 15) is 9.59 Å². The van der Waals surface area contributed by atoms with Gasteiger partial charge in [-0.25, -0.2) is 0 Å². The number of methoxy groups -OCH3 is 4. The first-order valence-electron chi connectivity index (χ1n) is 10.6. The Kier molecular flexibility index (Phi) is 8.00. The highest BCUT2D eigenvalue weighted by Crippen LogP contribution is 2.40. The van der Waals surface area contributed by atoms with Gasteiger partial charge in [0.2, 0.25) is 11.8 Å². The maximum absolute atomic E-state index is 12.5. The van der Waals surface area contributed by atoms with Crippen molar-refractivity contribution in [3.8, 4) is 23.0 Å². The standard InChI is InChI=1S/C24H31N3O6/c1-30-19-6-5-15(10-20(19)31-2)9-18-17-12-22(33-4)21(32-3)11-16(17)7-8-27(18)14-24(29)26-13-23(25)28/h5-6,10-12,18H,7-9,13-14H2,1-4H3,(H2,25,28)(H,26,29).